The molecule has 0 bridgehead atoms. The molecule has 1 aromatic rings. The monoisotopic (exact) mass is 327 g/mol. The predicted molar refractivity (Wildman–Crippen MR) is 83.9 cm³/mol. The van der Waals surface area contributed by atoms with Crippen LogP contribution in [-0.4, -0.2) is 29.4 Å². The molecule has 1 fully saturated rings. The molecule has 0 radical (unpaired) electrons. The largest absolute Gasteiger partial charge is 0.384 e. The molecule has 3 N–H and O–H groups in total. The lowest BCUT2D eigenvalue weighted by Crippen LogP contribution is -2.45. The van der Waals surface area contributed by atoms with Gasteiger partial charge >= 0.3 is 0 Å². The zero-order valence-electron chi connectivity index (χ0n) is 10.6. The molecular formula is C13H18BrN3S. The lowest BCUT2D eigenvalue weighted by molar-refractivity contribution is 0.627. The third-order valence-electron chi connectivity index (χ3n) is 3.44. The topological polar surface area (TPSA) is 53.1 Å². The summed E-state index contributed by atoms with van der Waals surface area (Å²) in [6.07, 6.45) is 0. The average Bonchev–Trinajstić information content (AvgIpc) is 2.32. The van der Waals surface area contributed by atoms with E-state index in [1.54, 1.807) is 0 Å². The van der Waals surface area contributed by atoms with Crippen molar-refractivity contribution in [1.82, 2.24) is 0 Å². The first-order valence-corrected chi connectivity index (χ1v) is 7.87. The lowest BCUT2D eigenvalue weighted by Gasteiger charge is -2.40. The zero-order valence-corrected chi connectivity index (χ0v) is 13.0. The van der Waals surface area contributed by atoms with Crippen LogP contribution < -0.4 is 10.6 Å². The van der Waals surface area contributed by atoms with Crippen molar-refractivity contribution in [2.45, 2.75) is 25.1 Å². The number of nitrogens with one attached hydrogen (secondary N) is 1. The molecule has 1 heterocycles. The molecule has 98 valence electrons. The fourth-order valence-corrected chi connectivity index (χ4v) is 3.69. The second kappa shape index (κ2) is 5.53. The standard InChI is InChI=1S/C13H18BrN3S/c1-8-9(2)18-6-5-17(8)12-7-10(14)3-4-11(12)13(15)16/h3-4,7-9H,5-6H2,1-2H3,(H3,15,16). The van der Waals surface area contributed by atoms with Crippen molar-refractivity contribution in [2.24, 2.45) is 5.73 Å². The van der Waals surface area contributed by atoms with Crippen LogP contribution in [0.5, 0.6) is 0 Å². The van der Waals surface area contributed by atoms with Crippen LogP contribution in [0.25, 0.3) is 0 Å². The summed E-state index contributed by atoms with van der Waals surface area (Å²) < 4.78 is 1.03. The Hall–Kier alpha value is -0.680. The summed E-state index contributed by atoms with van der Waals surface area (Å²) >= 11 is 5.51. The maximum Gasteiger partial charge on any atom is 0.124 e. The van der Waals surface area contributed by atoms with Gasteiger partial charge in [0, 0.05) is 39.3 Å². The van der Waals surface area contributed by atoms with Crippen LogP contribution in [0.1, 0.15) is 19.4 Å². The van der Waals surface area contributed by atoms with Gasteiger partial charge in [0.05, 0.1) is 0 Å². The fourth-order valence-electron chi connectivity index (χ4n) is 2.24. The Morgan fingerprint density at radius 1 is 1.50 bits per heavy atom. The van der Waals surface area contributed by atoms with Crippen LogP contribution in [0.4, 0.5) is 5.69 Å². The van der Waals surface area contributed by atoms with Gasteiger partial charge in [-0.2, -0.15) is 11.8 Å². The maximum atomic E-state index is 7.71. The normalized spacial score (nSPS) is 24.1. The second-order valence-corrected chi connectivity index (χ2v) is 6.99. The highest BCUT2D eigenvalue weighted by atomic mass is 79.9. The van der Waals surface area contributed by atoms with Crippen molar-refractivity contribution in [3.8, 4) is 0 Å². The average molecular weight is 328 g/mol. The Bertz CT molecular complexity index is 464. The Labute approximate surface area is 121 Å². The number of nitrogens with two attached hydrogens (primary N) is 1. The second-order valence-electron chi connectivity index (χ2n) is 4.59. The predicted octanol–water partition coefficient (Wildman–Crippen LogP) is 3.06. The van der Waals surface area contributed by atoms with Gasteiger partial charge in [-0.15, -0.1) is 0 Å². The summed E-state index contributed by atoms with van der Waals surface area (Å²) in [7, 11) is 0. The molecule has 2 unspecified atom stereocenters. The number of amidine groups is 1. The number of thioether (sulfide) groups is 1. The van der Waals surface area contributed by atoms with Crippen molar-refractivity contribution < 1.29 is 0 Å². The molecule has 1 saturated heterocycles. The van der Waals surface area contributed by atoms with Crippen molar-refractivity contribution in [3.05, 3.63) is 28.2 Å². The number of halogens is 1. The first-order chi connectivity index (χ1) is 8.50. The quantitative estimate of drug-likeness (QED) is 0.648. The molecular weight excluding hydrogens is 310 g/mol. The third kappa shape index (κ3) is 2.67. The molecule has 1 aliphatic heterocycles. The van der Waals surface area contributed by atoms with E-state index in [9.17, 15) is 0 Å². The highest BCUT2D eigenvalue weighted by Crippen LogP contribution is 2.32. The molecule has 18 heavy (non-hydrogen) atoms. The molecule has 0 spiro atoms. The van der Waals surface area contributed by atoms with Crippen LogP contribution in [0.3, 0.4) is 0 Å². The molecule has 0 amide bonds. The SMILES string of the molecule is CC1SCCN(c2cc(Br)ccc2C(=N)N)C1C. The van der Waals surface area contributed by atoms with Crippen LogP contribution >= 0.6 is 27.7 Å². The molecule has 0 saturated carbocycles. The van der Waals surface area contributed by atoms with E-state index >= 15 is 0 Å². The van der Waals surface area contributed by atoms with Crippen molar-refractivity contribution >= 4 is 39.2 Å². The van der Waals surface area contributed by atoms with E-state index in [-0.39, 0.29) is 5.84 Å². The molecule has 5 heteroatoms. The Balaban J connectivity index is 2.42. The Morgan fingerprint density at radius 2 is 2.22 bits per heavy atom. The Morgan fingerprint density at radius 3 is 2.89 bits per heavy atom. The highest BCUT2D eigenvalue weighted by molar-refractivity contribution is 9.10. The van der Waals surface area contributed by atoms with Crippen LogP contribution in [-0.2, 0) is 0 Å². The van der Waals surface area contributed by atoms with Gasteiger partial charge in [0.15, 0.2) is 0 Å². The Kier molecular flexibility index (Phi) is 4.22. The molecule has 2 rings (SSSR count). The van der Waals surface area contributed by atoms with Gasteiger partial charge in [-0.3, -0.25) is 5.41 Å². The molecule has 2 atom stereocenters. The smallest absolute Gasteiger partial charge is 0.124 e. The molecule has 0 aromatic heterocycles. The first kappa shape index (κ1) is 13.7. The zero-order chi connectivity index (χ0) is 13.3. The van der Waals surface area contributed by atoms with Crippen LogP contribution in [0.2, 0.25) is 0 Å². The van der Waals surface area contributed by atoms with Crippen molar-refractivity contribution in [2.75, 3.05) is 17.2 Å². The molecule has 1 aliphatic rings. The van der Waals surface area contributed by atoms with E-state index in [1.807, 2.05) is 23.9 Å². The summed E-state index contributed by atoms with van der Waals surface area (Å²) in [6, 6.07) is 6.38. The van der Waals surface area contributed by atoms with E-state index in [0.29, 0.717) is 11.3 Å². The van der Waals surface area contributed by atoms with Crippen LogP contribution in [0.15, 0.2) is 22.7 Å². The number of rotatable bonds is 2. The summed E-state index contributed by atoms with van der Waals surface area (Å²) in [4.78, 5) is 2.36. The number of nitrogen functional groups attached to an aromatic ring is 1. The van der Waals surface area contributed by atoms with Gasteiger partial charge in [-0.25, -0.2) is 0 Å². The van der Waals surface area contributed by atoms with E-state index in [1.165, 1.54) is 0 Å². The van der Waals surface area contributed by atoms with Gasteiger partial charge in [-0.05, 0) is 25.1 Å². The maximum absolute atomic E-state index is 7.71. The van der Waals surface area contributed by atoms with Gasteiger partial charge in [0.1, 0.15) is 5.84 Å². The van der Waals surface area contributed by atoms with E-state index < -0.39 is 0 Å². The number of hydrogen-bond donors (Lipinski definition) is 2. The van der Waals surface area contributed by atoms with E-state index in [0.717, 1.165) is 28.0 Å². The fraction of sp³-hybridized carbons (Fsp3) is 0.462. The number of nitrogens with zero attached hydrogens (tertiary/aromatic N) is 1. The first-order valence-electron chi connectivity index (χ1n) is 6.03. The molecule has 1 aromatic carbocycles. The van der Waals surface area contributed by atoms with Crippen molar-refractivity contribution in [1.29, 1.82) is 5.41 Å². The van der Waals surface area contributed by atoms with Gasteiger partial charge in [0.25, 0.3) is 0 Å². The minimum Gasteiger partial charge on any atom is -0.384 e. The molecule has 3 nitrogen and oxygen atoms in total. The van der Waals surface area contributed by atoms with E-state index in [2.05, 4.69) is 40.7 Å². The van der Waals surface area contributed by atoms with Gasteiger partial charge < -0.3 is 10.6 Å². The number of hydrogen-bond acceptors (Lipinski definition) is 3. The number of benzene rings is 1. The summed E-state index contributed by atoms with van der Waals surface area (Å²) in [5.74, 6) is 1.26. The van der Waals surface area contributed by atoms with Gasteiger partial charge in [0.2, 0.25) is 0 Å². The van der Waals surface area contributed by atoms with Gasteiger partial charge in [-0.1, -0.05) is 22.9 Å². The van der Waals surface area contributed by atoms with Crippen LogP contribution in [0, 0.1) is 5.41 Å². The summed E-state index contributed by atoms with van der Waals surface area (Å²) in [6.45, 7) is 5.50. The van der Waals surface area contributed by atoms with E-state index in [4.69, 9.17) is 11.1 Å². The summed E-state index contributed by atoms with van der Waals surface area (Å²) in [5, 5.41) is 8.31. The number of anilines is 1. The highest BCUT2D eigenvalue weighted by Gasteiger charge is 2.27. The summed E-state index contributed by atoms with van der Waals surface area (Å²) in [5.41, 5.74) is 7.58. The lowest BCUT2D eigenvalue weighted by atomic mass is 10.1. The minimum atomic E-state index is 0.135. The minimum absolute atomic E-state index is 0.135. The molecule has 0 aliphatic carbocycles. The third-order valence-corrected chi connectivity index (χ3v) is 5.27. The van der Waals surface area contributed by atoms with Crippen molar-refractivity contribution in [3.63, 3.8) is 0 Å².